The number of carbonyl (C=O) groups is 1. The summed E-state index contributed by atoms with van der Waals surface area (Å²) in [6.45, 7) is 7.17. The molecule has 1 amide bonds. The Balaban J connectivity index is 0.000000482. The van der Waals surface area contributed by atoms with Crippen molar-refractivity contribution in [1.29, 1.82) is 0 Å². The number of rotatable bonds is 10. The van der Waals surface area contributed by atoms with E-state index in [1.807, 2.05) is 37.9 Å². The Hall–Kier alpha value is -1.52. The molecule has 0 radical (unpaired) electrons. The van der Waals surface area contributed by atoms with E-state index < -0.39 is 11.0 Å². The summed E-state index contributed by atoms with van der Waals surface area (Å²) in [6, 6.07) is 4.92. The Morgan fingerprint density at radius 1 is 1.03 bits per heavy atom. The monoisotopic (exact) mass is 524 g/mol. The second-order valence-corrected chi connectivity index (χ2v) is 11.7. The highest BCUT2D eigenvalue weighted by Gasteiger charge is 2.22. The molecule has 1 unspecified atom stereocenters. The summed E-state index contributed by atoms with van der Waals surface area (Å²) in [7, 11) is 8.29. The Morgan fingerprint density at radius 2 is 1.67 bits per heavy atom. The largest absolute Gasteiger partial charge is 0.497 e. The zero-order valence-electron chi connectivity index (χ0n) is 23.5. The van der Waals surface area contributed by atoms with Crippen LogP contribution in [0.25, 0.3) is 0 Å². The van der Waals surface area contributed by atoms with Gasteiger partial charge in [0.25, 0.3) is 0 Å². The summed E-state index contributed by atoms with van der Waals surface area (Å²) in [5, 5.41) is 3.31. The van der Waals surface area contributed by atoms with E-state index in [2.05, 4.69) is 24.3 Å². The summed E-state index contributed by atoms with van der Waals surface area (Å²) in [6.07, 6.45) is 7.15. The highest BCUT2D eigenvalue weighted by molar-refractivity contribution is 7.82. The molecule has 1 saturated heterocycles. The fraction of sp³-hybridized carbons (Fsp3) is 0.741. The highest BCUT2D eigenvalue weighted by Crippen LogP contribution is 2.25. The van der Waals surface area contributed by atoms with Gasteiger partial charge in [-0.2, -0.15) is 0 Å². The number of hydrogen-bond donors (Lipinski definition) is 1. The minimum absolute atomic E-state index is 0.0255. The molecule has 9 heteroatoms. The standard InChI is InChI=1S/C21H34N2O4S.C6H14N2/c1-16-13-19(26-5)14-17(2)21(16)28(25)22(3)11-12-27-15-20(24)23(4)18-9-7-6-8-10-18;1-8(2)6-3-4-7-5-6/h13-14,18H,6-12,15H2,1-5H3;6-7H,3-5H2,1-2H3/t;6-/m.0/s1. The van der Waals surface area contributed by atoms with Crippen molar-refractivity contribution in [3.63, 3.8) is 0 Å². The van der Waals surface area contributed by atoms with Crippen LogP contribution in [0, 0.1) is 13.8 Å². The van der Waals surface area contributed by atoms with E-state index in [1.54, 1.807) is 18.5 Å². The van der Waals surface area contributed by atoms with Crippen LogP contribution in [0.3, 0.4) is 0 Å². The smallest absolute Gasteiger partial charge is 0.248 e. The van der Waals surface area contributed by atoms with Crippen LogP contribution in [0.4, 0.5) is 0 Å². The molecule has 0 bridgehead atoms. The highest BCUT2D eigenvalue weighted by atomic mass is 32.2. The normalized spacial score (nSPS) is 19.2. The third-order valence-electron chi connectivity index (χ3n) is 7.18. The molecule has 36 heavy (non-hydrogen) atoms. The number of carbonyl (C=O) groups excluding carboxylic acids is 1. The number of aryl methyl sites for hydroxylation is 2. The van der Waals surface area contributed by atoms with Crippen molar-refractivity contribution in [2.75, 3.05) is 68.1 Å². The van der Waals surface area contributed by atoms with Crippen LogP contribution >= 0.6 is 0 Å². The maximum atomic E-state index is 12.9. The number of nitrogens with one attached hydrogen (secondary N) is 1. The first kappa shape index (κ1) is 30.7. The van der Waals surface area contributed by atoms with Crippen LogP contribution in [0.2, 0.25) is 0 Å². The number of methoxy groups -OCH3 is 1. The average Bonchev–Trinajstić information content (AvgIpc) is 3.42. The molecule has 1 heterocycles. The molecular formula is C27H48N4O4S. The quantitative estimate of drug-likeness (QED) is 0.475. The minimum Gasteiger partial charge on any atom is -0.497 e. The Bertz CT molecular complexity index is 816. The van der Waals surface area contributed by atoms with Gasteiger partial charge in [-0.25, -0.2) is 8.51 Å². The van der Waals surface area contributed by atoms with E-state index in [9.17, 15) is 9.00 Å². The molecule has 1 saturated carbocycles. The molecule has 3 rings (SSSR count). The molecule has 1 aromatic rings. The summed E-state index contributed by atoms with van der Waals surface area (Å²) < 4.78 is 25.5. The number of hydrogen-bond acceptors (Lipinski definition) is 6. The molecule has 2 aliphatic rings. The van der Waals surface area contributed by atoms with Crippen LogP contribution in [0.1, 0.15) is 49.7 Å². The third-order valence-corrected chi connectivity index (χ3v) is 8.93. The van der Waals surface area contributed by atoms with E-state index >= 15 is 0 Å². The molecule has 2 atom stereocenters. The van der Waals surface area contributed by atoms with Crippen LogP contribution in [0.5, 0.6) is 5.75 Å². The minimum atomic E-state index is -1.29. The van der Waals surface area contributed by atoms with Gasteiger partial charge in [-0.15, -0.1) is 0 Å². The van der Waals surface area contributed by atoms with E-state index in [0.717, 1.165) is 40.7 Å². The van der Waals surface area contributed by atoms with Crippen molar-refractivity contribution < 1.29 is 18.5 Å². The number of benzene rings is 1. The van der Waals surface area contributed by atoms with E-state index in [-0.39, 0.29) is 12.5 Å². The molecule has 1 aromatic carbocycles. The molecule has 1 aliphatic heterocycles. The molecule has 0 aromatic heterocycles. The second kappa shape index (κ2) is 15.7. The summed E-state index contributed by atoms with van der Waals surface area (Å²) in [4.78, 5) is 17.2. The van der Waals surface area contributed by atoms with Crippen molar-refractivity contribution in [2.24, 2.45) is 0 Å². The fourth-order valence-electron chi connectivity index (χ4n) is 4.75. The van der Waals surface area contributed by atoms with Crippen molar-refractivity contribution in [3.05, 3.63) is 23.3 Å². The maximum absolute atomic E-state index is 12.9. The third kappa shape index (κ3) is 9.41. The van der Waals surface area contributed by atoms with Gasteiger partial charge < -0.3 is 24.6 Å². The van der Waals surface area contributed by atoms with Crippen LogP contribution in [-0.2, 0) is 20.5 Å². The van der Waals surface area contributed by atoms with E-state index in [4.69, 9.17) is 9.47 Å². The maximum Gasteiger partial charge on any atom is 0.248 e. The van der Waals surface area contributed by atoms with Gasteiger partial charge in [-0.05, 0) is 77.0 Å². The van der Waals surface area contributed by atoms with Crippen LogP contribution < -0.4 is 10.1 Å². The predicted molar refractivity (Wildman–Crippen MR) is 147 cm³/mol. The lowest BCUT2D eigenvalue weighted by atomic mass is 9.94. The summed E-state index contributed by atoms with van der Waals surface area (Å²) in [5.41, 5.74) is 1.87. The molecule has 1 aliphatic carbocycles. The number of likely N-dealkylation sites (N-methyl/N-ethyl adjacent to an activating group) is 3. The number of ether oxygens (including phenoxy) is 2. The molecule has 2 fully saturated rings. The first-order chi connectivity index (χ1) is 17.1. The zero-order chi connectivity index (χ0) is 26.7. The lowest BCUT2D eigenvalue weighted by molar-refractivity contribution is -0.137. The molecule has 206 valence electrons. The van der Waals surface area contributed by atoms with Gasteiger partial charge in [-0.1, -0.05) is 19.3 Å². The topological polar surface area (TPSA) is 74.4 Å². The van der Waals surface area contributed by atoms with E-state index in [1.165, 1.54) is 38.8 Å². The Kier molecular flexibility index (Phi) is 13.4. The van der Waals surface area contributed by atoms with Crippen molar-refractivity contribution >= 4 is 16.9 Å². The van der Waals surface area contributed by atoms with Crippen molar-refractivity contribution in [1.82, 2.24) is 19.4 Å². The first-order valence-corrected chi connectivity index (χ1v) is 14.2. The number of amides is 1. The van der Waals surface area contributed by atoms with E-state index in [0.29, 0.717) is 19.2 Å². The lowest BCUT2D eigenvalue weighted by Crippen LogP contribution is -2.40. The Labute approximate surface area is 221 Å². The number of nitrogens with zero attached hydrogens (tertiary/aromatic N) is 3. The van der Waals surface area contributed by atoms with Gasteiger partial charge >= 0.3 is 0 Å². The summed E-state index contributed by atoms with van der Waals surface area (Å²) >= 11 is 0. The van der Waals surface area contributed by atoms with Gasteiger partial charge in [0.15, 0.2) is 0 Å². The second-order valence-electron chi connectivity index (χ2n) is 10.2. The van der Waals surface area contributed by atoms with Crippen molar-refractivity contribution in [2.45, 2.75) is 69.4 Å². The molecule has 1 N–H and O–H groups in total. The molecule has 0 spiro atoms. The van der Waals surface area contributed by atoms with Crippen molar-refractivity contribution in [3.8, 4) is 5.75 Å². The fourth-order valence-corrected chi connectivity index (χ4v) is 5.97. The van der Waals surface area contributed by atoms with Gasteiger partial charge in [0.05, 0.1) is 18.6 Å². The summed E-state index contributed by atoms with van der Waals surface area (Å²) in [5.74, 6) is 0.792. The van der Waals surface area contributed by atoms with Gasteiger partial charge in [0, 0.05) is 39.3 Å². The Morgan fingerprint density at radius 3 is 2.17 bits per heavy atom. The molecular weight excluding hydrogens is 476 g/mol. The SMILES string of the molecule is CN(C)[C@H]1CCNC1.COc1cc(C)c(S(=O)N(C)CCOCC(=O)N(C)C2CCCCC2)c(C)c1. The zero-order valence-corrected chi connectivity index (χ0v) is 24.3. The van der Waals surface area contributed by atoms with Gasteiger partial charge in [0.1, 0.15) is 23.3 Å². The molecule has 8 nitrogen and oxygen atoms in total. The van der Waals surface area contributed by atoms with Gasteiger partial charge in [-0.3, -0.25) is 4.79 Å². The average molecular weight is 525 g/mol. The first-order valence-electron chi connectivity index (χ1n) is 13.1. The predicted octanol–water partition coefficient (Wildman–Crippen LogP) is 2.98. The van der Waals surface area contributed by atoms with Crippen LogP contribution in [-0.4, -0.2) is 104 Å². The van der Waals surface area contributed by atoms with Crippen LogP contribution in [0.15, 0.2) is 17.0 Å². The van der Waals surface area contributed by atoms with Gasteiger partial charge in [0.2, 0.25) is 5.91 Å². The lowest BCUT2D eigenvalue weighted by Gasteiger charge is -2.31.